The van der Waals surface area contributed by atoms with E-state index < -0.39 is 10.0 Å². The molecule has 0 bridgehead atoms. The van der Waals surface area contributed by atoms with Crippen molar-refractivity contribution in [2.24, 2.45) is 0 Å². The molecule has 6 nitrogen and oxygen atoms in total. The van der Waals surface area contributed by atoms with E-state index in [1.54, 1.807) is 7.05 Å². The maximum atomic E-state index is 12.2. The Hall–Kier alpha value is -1.44. The van der Waals surface area contributed by atoms with E-state index in [4.69, 9.17) is 0 Å². The fourth-order valence-electron chi connectivity index (χ4n) is 1.49. The molecule has 0 aromatic heterocycles. The third kappa shape index (κ3) is 3.76. The van der Waals surface area contributed by atoms with Crippen molar-refractivity contribution in [1.82, 2.24) is 14.9 Å². The molecule has 0 saturated carbocycles. The standard InChI is InChI=1S/C12H19N3O3S/c1-13-8-9-15(3)19(17,18)11-6-4-10(5-7-11)12(16)14-2/h4-7,13H,8-9H2,1-3H3,(H,14,16). The van der Waals surface area contributed by atoms with Crippen molar-refractivity contribution < 1.29 is 13.2 Å². The van der Waals surface area contributed by atoms with E-state index in [1.165, 1.54) is 42.7 Å². The Morgan fingerprint density at radius 1 is 1.21 bits per heavy atom. The number of sulfonamides is 1. The van der Waals surface area contributed by atoms with Crippen LogP contribution in [0.1, 0.15) is 10.4 Å². The van der Waals surface area contributed by atoms with E-state index >= 15 is 0 Å². The summed E-state index contributed by atoms with van der Waals surface area (Å²) in [6.45, 7) is 0.960. The highest BCUT2D eigenvalue weighted by atomic mass is 32.2. The van der Waals surface area contributed by atoms with Crippen molar-refractivity contribution in [3.63, 3.8) is 0 Å². The second-order valence-corrected chi connectivity index (χ2v) is 6.08. The maximum Gasteiger partial charge on any atom is 0.251 e. The molecule has 0 unspecified atom stereocenters. The lowest BCUT2D eigenvalue weighted by Gasteiger charge is -2.17. The molecule has 0 aliphatic rings. The smallest absolute Gasteiger partial charge is 0.251 e. The number of nitrogens with zero attached hydrogens (tertiary/aromatic N) is 1. The van der Waals surface area contributed by atoms with Crippen LogP contribution >= 0.6 is 0 Å². The van der Waals surface area contributed by atoms with Gasteiger partial charge in [0.1, 0.15) is 0 Å². The molecule has 19 heavy (non-hydrogen) atoms. The molecule has 0 aliphatic heterocycles. The molecule has 1 aromatic carbocycles. The van der Waals surface area contributed by atoms with Crippen molar-refractivity contribution in [2.75, 3.05) is 34.2 Å². The summed E-state index contributed by atoms with van der Waals surface area (Å²) in [5.41, 5.74) is 0.430. The van der Waals surface area contributed by atoms with Gasteiger partial charge in [-0.1, -0.05) is 0 Å². The zero-order valence-corrected chi connectivity index (χ0v) is 12.1. The highest BCUT2D eigenvalue weighted by molar-refractivity contribution is 7.89. The second kappa shape index (κ2) is 6.65. The Kier molecular flexibility index (Phi) is 5.46. The van der Waals surface area contributed by atoms with Crippen molar-refractivity contribution in [2.45, 2.75) is 4.90 Å². The molecule has 106 valence electrons. The molecule has 0 aliphatic carbocycles. The maximum absolute atomic E-state index is 12.2. The number of amides is 1. The van der Waals surface area contributed by atoms with Gasteiger partial charge >= 0.3 is 0 Å². The van der Waals surface area contributed by atoms with E-state index in [-0.39, 0.29) is 10.8 Å². The average molecular weight is 285 g/mol. The first-order valence-electron chi connectivity index (χ1n) is 5.86. The van der Waals surface area contributed by atoms with Gasteiger partial charge in [-0.05, 0) is 31.3 Å². The number of hydrogen-bond acceptors (Lipinski definition) is 4. The van der Waals surface area contributed by atoms with Crippen LogP contribution in [0.4, 0.5) is 0 Å². The van der Waals surface area contributed by atoms with Gasteiger partial charge in [-0.2, -0.15) is 4.31 Å². The summed E-state index contributed by atoms with van der Waals surface area (Å²) in [6.07, 6.45) is 0. The van der Waals surface area contributed by atoms with Crippen LogP contribution in [0.5, 0.6) is 0 Å². The lowest BCUT2D eigenvalue weighted by molar-refractivity contribution is 0.0963. The Morgan fingerprint density at radius 2 is 1.79 bits per heavy atom. The van der Waals surface area contributed by atoms with Gasteiger partial charge in [-0.25, -0.2) is 8.42 Å². The summed E-state index contributed by atoms with van der Waals surface area (Å²) in [4.78, 5) is 11.5. The average Bonchev–Trinajstić information content (AvgIpc) is 2.43. The Morgan fingerprint density at radius 3 is 2.26 bits per heavy atom. The highest BCUT2D eigenvalue weighted by Crippen LogP contribution is 2.14. The summed E-state index contributed by atoms with van der Waals surface area (Å²) in [7, 11) is 1.32. The van der Waals surface area contributed by atoms with E-state index in [0.29, 0.717) is 18.7 Å². The van der Waals surface area contributed by atoms with Crippen molar-refractivity contribution >= 4 is 15.9 Å². The predicted octanol–water partition coefficient (Wildman–Crippen LogP) is -0.114. The molecule has 0 heterocycles. The van der Waals surface area contributed by atoms with E-state index in [0.717, 1.165) is 0 Å². The van der Waals surface area contributed by atoms with Gasteiger partial charge in [0.05, 0.1) is 4.90 Å². The van der Waals surface area contributed by atoms with E-state index in [2.05, 4.69) is 10.6 Å². The SMILES string of the molecule is CNCCN(C)S(=O)(=O)c1ccc(C(=O)NC)cc1. The van der Waals surface area contributed by atoms with E-state index in [9.17, 15) is 13.2 Å². The van der Waals surface area contributed by atoms with Gasteiger partial charge in [0.15, 0.2) is 0 Å². The van der Waals surface area contributed by atoms with Crippen LogP contribution in [0, 0.1) is 0 Å². The zero-order chi connectivity index (χ0) is 14.5. The zero-order valence-electron chi connectivity index (χ0n) is 11.3. The molecule has 0 spiro atoms. The number of nitrogens with one attached hydrogen (secondary N) is 2. The quantitative estimate of drug-likeness (QED) is 0.764. The Labute approximate surface area is 113 Å². The summed E-state index contributed by atoms with van der Waals surface area (Å²) < 4.78 is 25.6. The van der Waals surface area contributed by atoms with E-state index in [1.807, 2.05) is 0 Å². The van der Waals surface area contributed by atoms with Crippen LogP contribution in [-0.2, 0) is 10.0 Å². The minimum atomic E-state index is -3.50. The number of carbonyl (C=O) groups excluding carboxylic acids is 1. The fourth-order valence-corrected chi connectivity index (χ4v) is 2.66. The van der Waals surface area contributed by atoms with Gasteiger partial charge in [0, 0.05) is 32.7 Å². The van der Waals surface area contributed by atoms with Gasteiger partial charge in [0.2, 0.25) is 10.0 Å². The number of carbonyl (C=O) groups is 1. The van der Waals surface area contributed by atoms with Crippen LogP contribution in [0.15, 0.2) is 29.2 Å². The van der Waals surface area contributed by atoms with Crippen LogP contribution in [0.25, 0.3) is 0 Å². The molecule has 7 heteroatoms. The second-order valence-electron chi connectivity index (χ2n) is 4.03. The number of benzene rings is 1. The largest absolute Gasteiger partial charge is 0.355 e. The number of likely N-dealkylation sites (N-methyl/N-ethyl adjacent to an activating group) is 2. The molecule has 1 aromatic rings. The monoisotopic (exact) mass is 285 g/mol. The molecule has 2 N–H and O–H groups in total. The van der Waals surface area contributed by atoms with Gasteiger partial charge in [-0.15, -0.1) is 0 Å². The topological polar surface area (TPSA) is 78.5 Å². The lowest BCUT2D eigenvalue weighted by Crippen LogP contribution is -2.32. The van der Waals surface area contributed by atoms with Crippen molar-refractivity contribution in [3.05, 3.63) is 29.8 Å². The van der Waals surface area contributed by atoms with Gasteiger partial charge in [0.25, 0.3) is 5.91 Å². The molecule has 0 radical (unpaired) electrons. The summed E-state index contributed by atoms with van der Waals surface area (Å²) in [5, 5.41) is 5.38. The number of rotatable bonds is 6. The van der Waals surface area contributed by atoms with Gasteiger partial charge in [-0.3, -0.25) is 4.79 Å². The molecular formula is C12H19N3O3S. The first kappa shape index (κ1) is 15.6. The fraction of sp³-hybridized carbons (Fsp3) is 0.417. The predicted molar refractivity (Wildman–Crippen MR) is 73.6 cm³/mol. The highest BCUT2D eigenvalue weighted by Gasteiger charge is 2.20. The number of hydrogen-bond donors (Lipinski definition) is 2. The minimum absolute atomic E-state index is 0.179. The molecule has 0 atom stereocenters. The minimum Gasteiger partial charge on any atom is -0.355 e. The molecule has 1 rings (SSSR count). The first-order valence-corrected chi connectivity index (χ1v) is 7.30. The third-order valence-corrected chi connectivity index (χ3v) is 4.60. The molecule has 1 amide bonds. The normalized spacial score (nSPS) is 11.6. The first-order chi connectivity index (χ1) is 8.93. The van der Waals surface area contributed by atoms with Crippen LogP contribution < -0.4 is 10.6 Å². The Bertz CT molecular complexity index is 526. The van der Waals surface area contributed by atoms with Gasteiger partial charge < -0.3 is 10.6 Å². The van der Waals surface area contributed by atoms with Crippen molar-refractivity contribution in [3.8, 4) is 0 Å². The van der Waals surface area contributed by atoms with Crippen LogP contribution in [0.2, 0.25) is 0 Å². The molecular weight excluding hydrogens is 266 g/mol. The summed E-state index contributed by atoms with van der Waals surface area (Å²) in [6, 6.07) is 5.88. The summed E-state index contributed by atoms with van der Waals surface area (Å²) >= 11 is 0. The van der Waals surface area contributed by atoms with Crippen molar-refractivity contribution in [1.29, 1.82) is 0 Å². The van der Waals surface area contributed by atoms with Crippen LogP contribution in [0.3, 0.4) is 0 Å². The summed E-state index contributed by atoms with van der Waals surface area (Å²) in [5.74, 6) is -0.243. The molecule has 0 fully saturated rings. The lowest BCUT2D eigenvalue weighted by atomic mass is 10.2. The third-order valence-electron chi connectivity index (χ3n) is 2.73. The molecule has 0 saturated heterocycles. The van der Waals surface area contributed by atoms with Crippen LogP contribution in [-0.4, -0.2) is 52.9 Å². The Balaban J connectivity index is 2.93.